The number of carbonyl (C=O) groups is 2. The summed E-state index contributed by atoms with van der Waals surface area (Å²) in [5, 5.41) is 3.22. The Kier molecular flexibility index (Phi) is 5.08. The third-order valence-corrected chi connectivity index (χ3v) is 4.01. The first-order chi connectivity index (χ1) is 12.5. The van der Waals surface area contributed by atoms with E-state index in [1.54, 1.807) is 42.4 Å². The maximum absolute atomic E-state index is 12.7. The monoisotopic (exact) mass is 345 g/mol. The molecule has 1 amide bonds. The first kappa shape index (κ1) is 17.4. The van der Waals surface area contributed by atoms with E-state index in [1.165, 1.54) is 6.92 Å². The van der Waals surface area contributed by atoms with Gasteiger partial charge in [0.25, 0.3) is 5.91 Å². The van der Waals surface area contributed by atoms with Crippen LogP contribution >= 0.6 is 0 Å². The second-order valence-corrected chi connectivity index (χ2v) is 5.89. The van der Waals surface area contributed by atoms with Gasteiger partial charge in [-0.05, 0) is 55.5 Å². The van der Waals surface area contributed by atoms with Crippen molar-refractivity contribution in [3.8, 4) is 0 Å². The summed E-state index contributed by atoms with van der Waals surface area (Å²) in [6, 6.07) is 20.1. The third kappa shape index (κ3) is 3.95. The molecule has 1 N–H and O–H groups in total. The van der Waals surface area contributed by atoms with Crippen LogP contribution in [0.2, 0.25) is 0 Å². The van der Waals surface area contributed by atoms with Gasteiger partial charge in [0.1, 0.15) is 5.69 Å². The van der Waals surface area contributed by atoms with Crippen molar-refractivity contribution in [2.45, 2.75) is 6.92 Å². The van der Waals surface area contributed by atoms with Crippen LogP contribution in [0.1, 0.15) is 27.8 Å². The van der Waals surface area contributed by atoms with Crippen molar-refractivity contribution in [2.75, 3.05) is 17.3 Å². The number of anilines is 3. The van der Waals surface area contributed by atoms with Crippen molar-refractivity contribution in [2.24, 2.45) is 0 Å². The number of nitrogens with zero attached hydrogens (tertiary/aromatic N) is 2. The molecule has 2 aromatic carbocycles. The van der Waals surface area contributed by atoms with E-state index in [4.69, 9.17) is 0 Å². The summed E-state index contributed by atoms with van der Waals surface area (Å²) in [6.07, 6.45) is 1.60. The number of rotatable bonds is 5. The highest BCUT2D eigenvalue weighted by Gasteiger charge is 2.15. The lowest BCUT2D eigenvalue weighted by molar-refractivity contribution is 0.0986. The Hall–Kier alpha value is -3.47. The Labute approximate surface area is 152 Å². The standard InChI is InChI=1S/C21H19N3O2/c1-15(25)16-8-10-17(11-9-16)23-18-12-13-22-20(14-18)21(26)24(2)19-6-4-3-5-7-19/h3-14H,1-2H3,(H,22,23). The molecule has 0 aliphatic rings. The van der Waals surface area contributed by atoms with Crippen LogP contribution in [0.3, 0.4) is 0 Å². The van der Waals surface area contributed by atoms with Gasteiger partial charge in [-0.2, -0.15) is 0 Å². The van der Waals surface area contributed by atoms with Gasteiger partial charge in [-0.1, -0.05) is 18.2 Å². The van der Waals surface area contributed by atoms with Crippen molar-refractivity contribution in [1.29, 1.82) is 0 Å². The largest absolute Gasteiger partial charge is 0.355 e. The summed E-state index contributed by atoms with van der Waals surface area (Å²) in [7, 11) is 1.72. The Bertz CT molecular complexity index is 922. The first-order valence-corrected chi connectivity index (χ1v) is 8.22. The van der Waals surface area contributed by atoms with Gasteiger partial charge in [-0.25, -0.2) is 0 Å². The molecule has 0 radical (unpaired) electrons. The predicted octanol–water partition coefficient (Wildman–Crippen LogP) is 4.30. The molecule has 5 nitrogen and oxygen atoms in total. The lowest BCUT2D eigenvalue weighted by atomic mass is 10.1. The van der Waals surface area contributed by atoms with E-state index >= 15 is 0 Å². The minimum Gasteiger partial charge on any atom is -0.355 e. The topological polar surface area (TPSA) is 62.3 Å². The first-order valence-electron chi connectivity index (χ1n) is 8.22. The molecule has 0 fully saturated rings. The number of hydrogen-bond acceptors (Lipinski definition) is 4. The molecule has 3 aromatic rings. The van der Waals surface area contributed by atoms with Gasteiger partial charge in [0.2, 0.25) is 0 Å². The number of hydrogen-bond donors (Lipinski definition) is 1. The molecule has 0 saturated carbocycles. The van der Waals surface area contributed by atoms with Crippen LogP contribution in [0.5, 0.6) is 0 Å². The molecule has 0 atom stereocenters. The molecule has 0 bridgehead atoms. The van der Waals surface area contributed by atoms with Crippen LogP contribution < -0.4 is 10.2 Å². The molecular weight excluding hydrogens is 326 g/mol. The summed E-state index contributed by atoms with van der Waals surface area (Å²) in [5.41, 5.74) is 3.39. The summed E-state index contributed by atoms with van der Waals surface area (Å²) in [4.78, 5) is 29.8. The quantitative estimate of drug-likeness (QED) is 0.700. The minimum atomic E-state index is -0.188. The van der Waals surface area contributed by atoms with Crippen molar-refractivity contribution >= 4 is 28.8 Å². The number of para-hydroxylation sites is 1. The van der Waals surface area contributed by atoms with Gasteiger partial charge in [0.05, 0.1) is 0 Å². The Morgan fingerprint density at radius 2 is 1.62 bits per heavy atom. The number of benzene rings is 2. The van der Waals surface area contributed by atoms with Crippen molar-refractivity contribution in [3.05, 3.63) is 84.2 Å². The molecule has 0 aliphatic heterocycles. The normalized spacial score (nSPS) is 10.2. The average Bonchev–Trinajstić information content (AvgIpc) is 2.68. The van der Waals surface area contributed by atoms with E-state index in [9.17, 15) is 9.59 Å². The molecule has 3 rings (SSSR count). The smallest absolute Gasteiger partial charge is 0.276 e. The summed E-state index contributed by atoms with van der Waals surface area (Å²) in [6.45, 7) is 1.53. The number of aromatic nitrogens is 1. The highest BCUT2D eigenvalue weighted by Crippen LogP contribution is 2.19. The molecule has 0 spiro atoms. The summed E-state index contributed by atoms with van der Waals surface area (Å²) < 4.78 is 0. The Morgan fingerprint density at radius 1 is 0.923 bits per heavy atom. The van der Waals surface area contributed by atoms with Gasteiger partial charge in [-0.15, -0.1) is 0 Å². The molecule has 1 aromatic heterocycles. The Morgan fingerprint density at radius 3 is 2.27 bits per heavy atom. The maximum Gasteiger partial charge on any atom is 0.276 e. The van der Waals surface area contributed by atoms with E-state index in [2.05, 4.69) is 10.3 Å². The van der Waals surface area contributed by atoms with Crippen LogP contribution in [-0.2, 0) is 0 Å². The van der Waals surface area contributed by atoms with Gasteiger partial charge in [0.15, 0.2) is 5.78 Å². The number of nitrogens with one attached hydrogen (secondary N) is 1. The van der Waals surface area contributed by atoms with E-state index in [0.717, 1.165) is 17.1 Å². The second kappa shape index (κ2) is 7.61. The number of ketones is 1. The molecule has 130 valence electrons. The van der Waals surface area contributed by atoms with Crippen LogP contribution in [0.25, 0.3) is 0 Å². The molecule has 1 heterocycles. The minimum absolute atomic E-state index is 0.0253. The zero-order chi connectivity index (χ0) is 18.5. The van der Waals surface area contributed by atoms with Crippen LogP contribution in [0.4, 0.5) is 17.1 Å². The summed E-state index contributed by atoms with van der Waals surface area (Å²) in [5.74, 6) is -0.163. The lowest BCUT2D eigenvalue weighted by Crippen LogP contribution is -2.27. The fraction of sp³-hybridized carbons (Fsp3) is 0.0952. The fourth-order valence-corrected chi connectivity index (χ4v) is 2.52. The zero-order valence-electron chi connectivity index (χ0n) is 14.6. The third-order valence-electron chi connectivity index (χ3n) is 4.01. The van der Waals surface area contributed by atoms with Crippen LogP contribution in [-0.4, -0.2) is 23.7 Å². The van der Waals surface area contributed by atoms with Gasteiger partial charge in [-0.3, -0.25) is 14.6 Å². The molecule has 26 heavy (non-hydrogen) atoms. The van der Waals surface area contributed by atoms with Gasteiger partial charge in [0, 0.05) is 35.9 Å². The summed E-state index contributed by atoms with van der Waals surface area (Å²) >= 11 is 0. The molecule has 5 heteroatoms. The molecule has 0 saturated heterocycles. The van der Waals surface area contributed by atoms with Crippen molar-refractivity contribution < 1.29 is 9.59 Å². The fourth-order valence-electron chi connectivity index (χ4n) is 2.52. The average molecular weight is 345 g/mol. The maximum atomic E-state index is 12.7. The van der Waals surface area contributed by atoms with E-state index < -0.39 is 0 Å². The van der Waals surface area contributed by atoms with Crippen LogP contribution in [0.15, 0.2) is 72.9 Å². The number of carbonyl (C=O) groups excluding carboxylic acids is 2. The highest BCUT2D eigenvalue weighted by molar-refractivity contribution is 6.04. The van der Waals surface area contributed by atoms with Gasteiger partial charge >= 0.3 is 0 Å². The SMILES string of the molecule is CC(=O)c1ccc(Nc2ccnc(C(=O)N(C)c3ccccc3)c2)cc1. The number of Topliss-reactive ketones (excluding diaryl/α,β-unsaturated/α-hetero) is 1. The molecule has 0 unspecified atom stereocenters. The molecular formula is C21H19N3O2. The zero-order valence-corrected chi connectivity index (χ0v) is 14.6. The lowest BCUT2D eigenvalue weighted by Gasteiger charge is -2.17. The van der Waals surface area contributed by atoms with Crippen LogP contribution in [0, 0.1) is 0 Å². The predicted molar refractivity (Wildman–Crippen MR) is 103 cm³/mol. The van der Waals surface area contributed by atoms with Crippen molar-refractivity contribution in [3.63, 3.8) is 0 Å². The van der Waals surface area contributed by atoms with Gasteiger partial charge < -0.3 is 10.2 Å². The van der Waals surface area contributed by atoms with E-state index in [-0.39, 0.29) is 11.7 Å². The van der Waals surface area contributed by atoms with E-state index in [0.29, 0.717) is 11.3 Å². The van der Waals surface area contributed by atoms with Crippen molar-refractivity contribution in [1.82, 2.24) is 4.98 Å². The Balaban J connectivity index is 1.77. The highest BCUT2D eigenvalue weighted by atomic mass is 16.2. The number of amides is 1. The van der Waals surface area contributed by atoms with E-state index in [1.807, 2.05) is 42.5 Å². The molecule has 0 aliphatic carbocycles. The number of pyridine rings is 1. The second-order valence-electron chi connectivity index (χ2n) is 5.89.